The molecule has 0 atom stereocenters. The molecule has 1 aliphatic rings. The fourth-order valence-corrected chi connectivity index (χ4v) is 2.69. The monoisotopic (exact) mass is 294 g/mol. The number of carboxylic acid groups (broad SMARTS) is 1. The van der Waals surface area contributed by atoms with Gasteiger partial charge in [0.25, 0.3) is 0 Å². The molecule has 0 aliphatic heterocycles. The zero-order chi connectivity index (χ0) is 15.8. The van der Waals surface area contributed by atoms with Gasteiger partial charge in [0, 0.05) is 12.6 Å². The van der Waals surface area contributed by atoms with Gasteiger partial charge in [-0.15, -0.1) is 6.42 Å². The van der Waals surface area contributed by atoms with E-state index in [4.69, 9.17) is 11.5 Å². The SMILES string of the molecule is C#CCN(CC(=O)O)C(=O)N(CCC(C)C)C1CCCC1. The normalized spacial score (nSPS) is 15.0. The highest BCUT2D eigenvalue weighted by Gasteiger charge is 2.30. The van der Waals surface area contributed by atoms with Crippen molar-refractivity contribution in [2.75, 3.05) is 19.6 Å². The van der Waals surface area contributed by atoms with Crippen molar-refractivity contribution in [2.24, 2.45) is 5.92 Å². The number of amides is 2. The molecule has 5 nitrogen and oxygen atoms in total. The summed E-state index contributed by atoms with van der Waals surface area (Å²) in [6, 6.07) is -0.00628. The first kappa shape index (κ1) is 17.4. The molecule has 0 bridgehead atoms. The maximum absolute atomic E-state index is 12.7. The summed E-state index contributed by atoms with van der Waals surface area (Å²) in [7, 11) is 0. The van der Waals surface area contributed by atoms with Gasteiger partial charge in [-0.3, -0.25) is 4.79 Å². The van der Waals surface area contributed by atoms with E-state index in [0.29, 0.717) is 12.5 Å². The lowest BCUT2D eigenvalue weighted by atomic mass is 10.1. The first-order valence-electron chi connectivity index (χ1n) is 7.66. The molecule has 0 unspecified atom stereocenters. The molecule has 0 aromatic rings. The highest BCUT2D eigenvalue weighted by atomic mass is 16.4. The van der Waals surface area contributed by atoms with Crippen molar-refractivity contribution in [3.05, 3.63) is 0 Å². The van der Waals surface area contributed by atoms with Gasteiger partial charge >= 0.3 is 12.0 Å². The Balaban J connectivity index is 2.79. The van der Waals surface area contributed by atoms with Crippen LogP contribution in [0.5, 0.6) is 0 Å². The molecule has 2 amide bonds. The van der Waals surface area contributed by atoms with Crippen LogP contribution in [0.2, 0.25) is 0 Å². The van der Waals surface area contributed by atoms with Gasteiger partial charge < -0.3 is 14.9 Å². The van der Waals surface area contributed by atoms with E-state index >= 15 is 0 Å². The topological polar surface area (TPSA) is 60.9 Å². The Morgan fingerprint density at radius 3 is 2.43 bits per heavy atom. The van der Waals surface area contributed by atoms with Gasteiger partial charge in [0.2, 0.25) is 0 Å². The first-order chi connectivity index (χ1) is 9.95. The number of nitrogens with zero attached hydrogens (tertiary/aromatic N) is 2. The summed E-state index contributed by atoms with van der Waals surface area (Å²) in [5.41, 5.74) is 0. The van der Waals surface area contributed by atoms with Crippen molar-refractivity contribution in [1.82, 2.24) is 9.80 Å². The Morgan fingerprint density at radius 2 is 1.95 bits per heavy atom. The lowest BCUT2D eigenvalue weighted by molar-refractivity contribution is -0.137. The van der Waals surface area contributed by atoms with E-state index in [-0.39, 0.29) is 25.2 Å². The second-order valence-corrected chi connectivity index (χ2v) is 6.05. The van der Waals surface area contributed by atoms with E-state index in [1.807, 2.05) is 4.90 Å². The van der Waals surface area contributed by atoms with Gasteiger partial charge in [-0.1, -0.05) is 32.6 Å². The van der Waals surface area contributed by atoms with Crippen LogP contribution in [0.4, 0.5) is 4.79 Å². The quantitative estimate of drug-likeness (QED) is 0.734. The third-order valence-corrected chi connectivity index (χ3v) is 3.84. The van der Waals surface area contributed by atoms with Crippen LogP contribution in [0.25, 0.3) is 0 Å². The van der Waals surface area contributed by atoms with Crippen LogP contribution < -0.4 is 0 Å². The number of hydrogen-bond acceptors (Lipinski definition) is 2. The van der Waals surface area contributed by atoms with Gasteiger partial charge in [0.15, 0.2) is 0 Å². The zero-order valence-corrected chi connectivity index (χ0v) is 13.0. The van der Waals surface area contributed by atoms with Gasteiger partial charge in [-0.2, -0.15) is 0 Å². The second-order valence-electron chi connectivity index (χ2n) is 6.05. The van der Waals surface area contributed by atoms with Crippen molar-refractivity contribution in [3.63, 3.8) is 0 Å². The fraction of sp³-hybridized carbons (Fsp3) is 0.750. The molecule has 0 aromatic carbocycles. The van der Waals surface area contributed by atoms with Gasteiger partial charge in [-0.25, -0.2) is 4.79 Å². The summed E-state index contributed by atoms with van der Waals surface area (Å²) >= 11 is 0. The predicted molar refractivity (Wildman–Crippen MR) is 81.9 cm³/mol. The van der Waals surface area contributed by atoms with E-state index < -0.39 is 5.97 Å². The molecule has 5 heteroatoms. The number of terminal acetylenes is 1. The Bertz CT molecular complexity index is 395. The highest BCUT2D eigenvalue weighted by Crippen LogP contribution is 2.25. The van der Waals surface area contributed by atoms with E-state index in [1.165, 1.54) is 4.90 Å². The number of urea groups is 1. The summed E-state index contributed by atoms with van der Waals surface area (Å²) in [4.78, 5) is 26.7. The summed E-state index contributed by atoms with van der Waals surface area (Å²) in [6.07, 6.45) is 10.4. The maximum atomic E-state index is 12.7. The number of carbonyl (C=O) groups excluding carboxylic acids is 1. The first-order valence-corrected chi connectivity index (χ1v) is 7.66. The molecule has 0 spiro atoms. The van der Waals surface area contributed by atoms with Crippen LogP contribution >= 0.6 is 0 Å². The zero-order valence-electron chi connectivity index (χ0n) is 13.0. The lowest BCUT2D eigenvalue weighted by Crippen LogP contribution is -2.49. The Hall–Kier alpha value is -1.70. The Morgan fingerprint density at radius 1 is 1.33 bits per heavy atom. The Labute approximate surface area is 127 Å². The van der Waals surface area contributed by atoms with Crippen molar-refractivity contribution in [3.8, 4) is 12.3 Å². The molecule has 118 valence electrons. The fourth-order valence-electron chi connectivity index (χ4n) is 2.69. The molecular formula is C16H26N2O3. The number of rotatable bonds is 7. The summed E-state index contributed by atoms with van der Waals surface area (Å²) in [5, 5.41) is 8.94. The molecule has 0 saturated heterocycles. The molecule has 1 N–H and O–H groups in total. The third-order valence-electron chi connectivity index (χ3n) is 3.84. The number of carbonyl (C=O) groups is 2. The average Bonchev–Trinajstić information content (AvgIpc) is 2.91. The predicted octanol–water partition coefficient (Wildman–Crippen LogP) is 2.42. The molecule has 0 radical (unpaired) electrons. The van der Waals surface area contributed by atoms with E-state index in [1.54, 1.807) is 0 Å². The molecular weight excluding hydrogens is 268 g/mol. The van der Waals surface area contributed by atoms with Gasteiger partial charge in [0.1, 0.15) is 6.54 Å². The number of aliphatic carboxylic acids is 1. The van der Waals surface area contributed by atoms with Crippen LogP contribution in [-0.4, -0.2) is 52.6 Å². The van der Waals surface area contributed by atoms with E-state index in [2.05, 4.69) is 19.8 Å². The molecule has 1 saturated carbocycles. The van der Waals surface area contributed by atoms with Crippen LogP contribution in [-0.2, 0) is 4.79 Å². The van der Waals surface area contributed by atoms with Crippen molar-refractivity contribution in [2.45, 2.75) is 52.0 Å². The van der Waals surface area contributed by atoms with Gasteiger partial charge in [0.05, 0.1) is 6.54 Å². The molecule has 0 heterocycles. The maximum Gasteiger partial charge on any atom is 0.323 e. The second kappa shape index (κ2) is 8.56. The summed E-state index contributed by atoms with van der Waals surface area (Å²) in [5.74, 6) is 1.85. The Kier molecular flexibility index (Phi) is 7.07. The summed E-state index contributed by atoms with van der Waals surface area (Å²) in [6.45, 7) is 4.60. The van der Waals surface area contributed by atoms with E-state index in [9.17, 15) is 9.59 Å². The van der Waals surface area contributed by atoms with Crippen molar-refractivity contribution >= 4 is 12.0 Å². The number of hydrogen-bond donors (Lipinski definition) is 1. The molecule has 21 heavy (non-hydrogen) atoms. The minimum Gasteiger partial charge on any atom is -0.480 e. The average molecular weight is 294 g/mol. The molecule has 1 rings (SSSR count). The third kappa shape index (κ3) is 5.66. The van der Waals surface area contributed by atoms with Crippen molar-refractivity contribution < 1.29 is 14.7 Å². The number of carboxylic acids is 1. The standard InChI is InChI=1S/C16H26N2O3/c1-4-10-17(12-15(19)20)16(21)18(11-9-13(2)3)14-7-5-6-8-14/h1,13-14H,5-12H2,2-3H3,(H,19,20). The largest absolute Gasteiger partial charge is 0.480 e. The minimum absolute atomic E-state index is 0.0377. The molecule has 0 aromatic heterocycles. The molecule has 1 fully saturated rings. The molecule has 1 aliphatic carbocycles. The van der Waals surface area contributed by atoms with E-state index in [0.717, 1.165) is 32.1 Å². The van der Waals surface area contributed by atoms with Crippen LogP contribution in [0, 0.1) is 18.3 Å². The van der Waals surface area contributed by atoms with Crippen LogP contribution in [0.15, 0.2) is 0 Å². The van der Waals surface area contributed by atoms with Gasteiger partial charge in [-0.05, 0) is 25.2 Å². The highest BCUT2D eigenvalue weighted by molar-refractivity contribution is 5.80. The van der Waals surface area contributed by atoms with Crippen molar-refractivity contribution in [1.29, 1.82) is 0 Å². The van der Waals surface area contributed by atoms with Crippen LogP contribution in [0.3, 0.4) is 0 Å². The lowest BCUT2D eigenvalue weighted by Gasteiger charge is -2.33. The smallest absolute Gasteiger partial charge is 0.323 e. The minimum atomic E-state index is -1.03. The summed E-state index contributed by atoms with van der Waals surface area (Å²) < 4.78 is 0. The van der Waals surface area contributed by atoms with Crippen LogP contribution in [0.1, 0.15) is 46.0 Å².